The van der Waals surface area contributed by atoms with Crippen LogP contribution >= 0.6 is 15.9 Å². The zero-order chi connectivity index (χ0) is 14.4. The molecule has 0 aromatic heterocycles. The lowest BCUT2D eigenvalue weighted by atomic mass is 10.1. The molecule has 1 N–H and O–H groups in total. The summed E-state index contributed by atoms with van der Waals surface area (Å²) in [6.45, 7) is 1.34. The average molecular weight is 338 g/mol. The van der Waals surface area contributed by atoms with E-state index < -0.39 is 0 Å². The van der Waals surface area contributed by atoms with Crippen LogP contribution in [-0.4, -0.2) is 13.7 Å². The topological polar surface area (TPSA) is 21.3 Å². The van der Waals surface area contributed by atoms with Gasteiger partial charge in [-0.25, -0.2) is 4.39 Å². The molecule has 0 unspecified atom stereocenters. The highest BCUT2D eigenvalue weighted by atomic mass is 79.9. The second-order valence-corrected chi connectivity index (χ2v) is 5.43. The van der Waals surface area contributed by atoms with E-state index in [-0.39, 0.29) is 5.82 Å². The maximum Gasteiger partial charge on any atom is 0.128 e. The number of hydrogen-bond donors (Lipinski definition) is 1. The SMILES string of the molecule is COc1ccc(CCNCc2ccc(Br)cc2F)cc1. The minimum atomic E-state index is -0.184. The first-order chi connectivity index (χ1) is 9.69. The molecule has 0 radical (unpaired) electrons. The Morgan fingerprint density at radius 2 is 1.90 bits per heavy atom. The summed E-state index contributed by atoms with van der Waals surface area (Å²) in [5.41, 5.74) is 1.91. The predicted molar refractivity (Wildman–Crippen MR) is 82.5 cm³/mol. The first kappa shape index (κ1) is 15.0. The molecule has 0 atom stereocenters. The van der Waals surface area contributed by atoms with Gasteiger partial charge in [-0.3, -0.25) is 0 Å². The van der Waals surface area contributed by atoms with E-state index in [0.717, 1.165) is 23.2 Å². The highest BCUT2D eigenvalue weighted by Crippen LogP contribution is 2.15. The Kier molecular flexibility index (Phi) is 5.56. The third-order valence-electron chi connectivity index (χ3n) is 3.08. The molecule has 0 bridgehead atoms. The first-order valence-electron chi connectivity index (χ1n) is 6.46. The third-order valence-corrected chi connectivity index (χ3v) is 3.57. The standard InChI is InChI=1S/C16H17BrFNO/c1-20-15-6-2-12(3-7-15)8-9-19-11-13-4-5-14(17)10-16(13)18/h2-7,10,19H,8-9,11H2,1H3. The number of hydrogen-bond acceptors (Lipinski definition) is 2. The quantitative estimate of drug-likeness (QED) is 0.806. The van der Waals surface area contributed by atoms with Crippen LogP contribution in [0.2, 0.25) is 0 Å². The van der Waals surface area contributed by atoms with E-state index in [0.29, 0.717) is 12.1 Å². The highest BCUT2D eigenvalue weighted by molar-refractivity contribution is 9.10. The van der Waals surface area contributed by atoms with Gasteiger partial charge < -0.3 is 10.1 Å². The molecule has 0 aliphatic carbocycles. The van der Waals surface area contributed by atoms with Crippen molar-refractivity contribution < 1.29 is 9.13 Å². The maximum absolute atomic E-state index is 13.6. The molecule has 0 amide bonds. The van der Waals surface area contributed by atoms with Gasteiger partial charge in [0.25, 0.3) is 0 Å². The summed E-state index contributed by atoms with van der Waals surface area (Å²) in [6.07, 6.45) is 0.905. The highest BCUT2D eigenvalue weighted by Gasteiger charge is 2.02. The molecular weight excluding hydrogens is 321 g/mol. The normalized spacial score (nSPS) is 10.6. The summed E-state index contributed by atoms with van der Waals surface area (Å²) >= 11 is 3.25. The zero-order valence-electron chi connectivity index (χ0n) is 11.3. The fourth-order valence-electron chi connectivity index (χ4n) is 1.91. The molecule has 0 heterocycles. The second kappa shape index (κ2) is 7.41. The van der Waals surface area contributed by atoms with Crippen LogP contribution < -0.4 is 10.1 Å². The Bertz CT molecular complexity index is 557. The van der Waals surface area contributed by atoms with Crippen molar-refractivity contribution in [1.29, 1.82) is 0 Å². The lowest BCUT2D eigenvalue weighted by Gasteiger charge is -2.07. The molecule has 0 saturated carbocycles. The summed E-state index contributed by atoms with van der Waals surface area (Å²) in [5, 5.41) is 3.25. The molecule has 0 aliphatic heterocycles. The van der Waals surface area contributed by atoms with E-state index in [1.54, 1.807) is 13.2 Å². The van der Waals surface area contributed by atoms with Gasteiger partial charge in [-0.05, 0) is 42.8 Å². The molecule has 0 spiro atoms. The lowest BCUT2D eigenvalue weighted by Crippen LogP contribution is -2.17. The van der Waals surface area contributed by atoms with Crippen molar-refractivity contribution in [3.05, 3.63) is 63.9 Å². The Balaban J connectivity index is 1.78. The van der Waals surface area contributed by atoms with Crippen LogP contribution in [0.1, 0.15) is 11.1 Å². The van der Waals surface area contributed by atoms with Crippen molar-refractivity contribution in [2.45, 2.75) is 13.0 Å². The molecule has 4 heteroatoms. The van der Waals surface area contributed by atoms with Crippen LogP contribution in [0.4, 0.5) is 4.39 Å². The number of halogens is 2. The summed E-state index contributed by atoms with van der Waals surface area (Å²) in [5.74, 6) is 0.676. The lowest BCUT2D eigenvalue weighted by molar-refractivity contribution is 0.414. The third kappa shape index (κ3) is 4.32. The average Bonchev–Trinajstić information content (AvgIpc) is 2.46. The van der Waals surface area contributed by atoms with Gasteiger partial charge >= 0.3 is 0 Å². The Labute approximate surface area is 127 Å². The van der Waals surface area contributed by atoms with Gasteiger partial charge in [0.15, 0.2) is 0 Å². The van der Waals surface area contributed by atoms with Gasteiger partial charge in [0, 0.05) is 16.6 Å². The molecular formula is C16H17BrFNO. The van der Waals surface area contributed by atoms with Crippen molar-refractivity contribution in [3.8, 4) is 5.75 Å². The van der Waals surface area contributed by atoms with E-state index in [2.05, 4.69) is 21.2 Å². The molecule has 0 aliphatic rings. The minimum Gasteiger partial charge on any atom is -0.497 e. The van der Waals surface area contributed by atoms with Crippen LogP contribution in [-0.2, 0) is 13.0 Å². The van der Waals surface area contributed by atoms with Gasteiger partial charge in [-0.1, -0.05) is 34.1 Å². The molecule has 106 valence electrons. The van der Waals surface area contributed by atoms with Crippen LogP contribution in [0.5, 0.6) is 5.75 Å². The van der Waals surface area contributed by atoms with Crippen LogP contribution in [0.25, 0.3) is 0 Å². The summed E-state index contributed by atoms with van der Waals surface area (Å²) in [6, 6.07) is 13.1. The fraction of sp³-hybridized carbons (Fsp3) is 0.250. The minimum absolute atomic E-state index is 0.184. The number of methoxy groups -OCH3 is 1. The van der Waals surface area contributed by atoms with Crippen molar-refractivity contribution in [3.63, 3.8) is 0 Å². The zero-order valence-corrected chi connectivity index (χ0v) is 12.9. The number of rotatable bonds is 6. The first-order valence-corrected chi connectivity index (χ1v) is 7.26. The van der Waals surface area contributed by atoms with Crippen molar-refractivity contribution in [1.82, 2.24) is 5.32 Å². The Morgan fingerprint density at radius 1 is 1.15 bits per heavy atom. The molecule has 0 saturated heterocycles. The smallest absolute Gasteiger partial charge is 0.128 e. The summed E-state index contributed by atoms with van der Waals surface area (Å²) in [7, 11) is 1.66. The van der Waals surface area contributed by atoms with Crippen molar-refractivity contribution in [2.75, 3.05) is 13.7 Å². The molecule has 2 aromatic rings. The molecule has 20 heavy (non-hydrogen) atoms. The Hall–Kier alpha value is -1.39. The monoisotopic (exact) mass is 337 g/mol. The van der Waals surface area contributed by atoms with Crippen LogP contribution in [0.3, 0.4) is 0 Å². The van der Waals surface area contributed by atoms with Crippen LogP contribution in [0.15, 0.2) is 46.9 Å². The summed E-state index contributed by atoms with van der Waals surface area (Å²) in [4.78, 5) is 0. The van der Waals surface area contributed by atoms with Gasteiger partial charge in [0.05, 0.1) is 7.11 Å². The van der Waals surface area contributed by atoms with Gasteiger partial charge in [-0.15, -0.1) is 0 Å². The van der Waals surface area contributed by atoms with Gasteiger partial charge in [-0.2, -0.15) is 0 Å². The predicted octanol–water partition coefficient (Wildman–Crippen LogP) is 3.93. The van der Waals surface area contributed by atoms with Gasteiger partial charge in [0.1, 0.15) is 11.6 Å². The largest absolute Gasteiger partial charge is 0.497 e. The molecule has 2 rings (SSSR count). The number of nitrogens with one attached hydrogen (secondary N) is 1. The van der Waals surface area contributed by atoms with E-state index in [9.17, 15) is 4.39 Å². The maximum atomic E-state index is 13.6. The number of ether oxygens (including phenoxy) is 1. The number of benzene rings is 2. The second-order valence-electron chi connectivity index (χ2n) is 4.51. The summed E-state index contributed by atoms with van der Waals surface area (Å²) < 4.78 is 19.5. The Morgan fingerprint density at radius 3 is 2.55 bits per heavy atom. The fourth-order valence-corrected chi connectivity index (χ4v) is 2.25. The van der Waals surface area contributed by atoms with Crippen molar-refractivity contribution in [2.24, 2.45) is 0 Å². The van der Waals surface area contributed by atoms with E-state index >= 15 is 0 Å². The molecule has 2 nitrogen and oxygen atoms in total. The molecule has 0 fully saturated rings. The van der Waals surface area contributed by atoms with Crippen molar-refractivity contribution >= 4 is 15.9 Å². The van der Waals surface area contributed by atoms with E-state index in [4.69, 9.17) is 4.74 Å². The van der Waals surface area contributed by atoms with E-state index in [1.807, 2.05) is 30.3 Å². The van der Waals surface area contributed by atoms with Crippen LogP contribution in [0, 0.1) is 5.82 Å². The van der Waals surface area contributed by atoms with Gasteiger partial charge in [0.2, 0.25) is 0 Å². The molecule has 2 aromatic carbocycles. The van der Waals surface area contributed by atoms with E-state index in [1.165, 1.54) is 11.6 Å².